The Hall–Kier alpha value is -2.17. The fourth-order valence-electron chi connectivity index (χ4n) is 2.23. The van der Waals surface area contributed by atoms with Gasteiger partial charge >= 0.3 is 0 Å². The Morgan fingerprint density at radius 1 is 1.05 bits per heavy atom. The maximum Gasteiger partial charge on any atom is 0.246 e. The van der Waals surface area contributed by atoms with Crippen LogP contribution in [0.15, 0.2) is 42.5 Å². The number of halogens is 1. The third-order valence-electron chi connectivity index (χ3n) is 3.32. The summed E-state index contributed by atoms with van der Waals surface area (Å²) in [5.41, 5.74) is 7.36. The Morgan fingerprint density at radius 3 is 2.57 bits per heavy atom. The first kappa shape index (κ1) is 13.8. The number of nitrogens with two attached hydrogens (primary N) is 1. The van der Waals surface area contributed by atoms with Crippen molar-refractivity contribution < 1.29 is 4.74 Å². The van der Waals surface area contributed by atoms with Crippen LogP contribution in [0, 0.1) is 6.92 Å². The molecule has 0 atom stereocenters. The van der Waals surface area contributed by atoms with Crippen molar-refractivity contribution in [1.29, 1.82) is 0 Å². The van der Waals surface area contributed by atoms with E-state index in [9.17, 15) is 0 Å². The molecular weight excluding hydrogens is 286 g/mol. The highest BCUT2D eigenvalue weighted by molar-refractivity contribution is 6.31. The van der Waals surface area contributed by atoms with Gasteiger partial charge in [0.1, 0.15) is 5.75 Å². The van der Waals surface area contributed by atoms with Crippen LogP contribution < -0.4 is 10.5 Å². The standard InChI is InChI=1S/C16H14ClN3O/c1-10-11-5-2-3-6-12(11)16(20-19-10)21-15-8-4-7-14(17)13(15)9-18/h2-8H,9,18H2,1H3. The van der Waals surface area contributed by atoms with Crippen LogP contribution >= 0.6 is 11.6 Å². The second kappa shape index (κ2) is 5.68. The molecule has 1 heterocycles. The molecule has 106 valence electrons. The molecule has 2 N–H and O–H groups in total. The van der Waals surface area contributed by atoms with Gasteiger partial charge in [0.2, 0.25) is 5.88 Å². The minimum absolute atomic E-state index is 0.298. The van der Waals surface area contributed by atoms with E-state index in [1.807, 2.05) is 43.3 Å². The van der Waals surface area contributed by atoms with E-state index < -0.39 is 0 Å². The molecule has 3 aromatic rings. The lowest BCUT2D eigenvalue weighted by atomic mass is 10.1. The minimum Gasteiger partial charge on any atom is -0.437 e. The lowest BCUT2D eigenvalue weighted by molar-refractivity contribution is 0.456. The van der Waals surface area contributed by atoms with E-state index >= 15 is 0 Å². The van der Waals surface area contributed by atoms with Crippen LogP contribution in [-0.2, 0) is 6.54 Å². The Balaban J connectivity index is 2.11. The van der Waals surface area contributed by atoms with E-state index in [2.05, 4.69) is 10.2 Å². The Bertz CT molecular complexity index is 805. The second-order valence-corrected chi connectivity index (χ2v) is 5.07. The zero-order chi connectivity index (χ0) is 14.8. The van der Waals surface area contributed by atoms with E-state index in [1.54, 1.807) is 6.07 Å². The van der Waals surface area contributed by atoms with E-state index in [0.717, 1.165) is 22.0 Å². The molecule has 21 heavy (non-hydrogen) atoms. The average Bonchev–Trinajstić information content (AvgIpc) is 2.51. The molecule has 0 aliphatic rings. The topological polar surface area (TPSA) is 61.0 Å². The van der Waals surface area contributed by atoms with Crippen LogP contribution in [0.25, 0.3) is 10.8 Å². The Labute approximate surface area is 127 Å². The van der Waals surface area contributed by atoms with E-state index in [-0.39, 0.29) is 0 Å². The third-order valence-corrected chi connectivity index (χ3v) is 3.68. The molecule has 3 rings (SSSR count). The van der Waals surface area contributed by atoms with Crippen molar-refractivity contribution in [2.24, 2.45) is 5.73 Å². The van der Waals surface area contributed by atoms with Crippen molar-refractivity contribution in [2.75, 3.05) is 0 Å². The number of ether oxygens (including phenoxy) is 1. The summed E-state index contributed by atoms with van der Waals surface area (Å²) >= 11 is 6.14. The largest absolute Gasteiger partial charge is 0.437 e. The molecule has 0 fully saturated rings. The molecule has 1 aromatic heterocycles. The fourth-order valence-corrected chi connectivity index (χ4v) is 2.47. The monoisotopic (exact) mass is 299 g/mol. The second-order valence-electron chi connectivity index (χ2n) is 4.66. The van der Waals surface area contributed by atoms with E-state index in [4.69, 9.17) is 22.1 Å². The highest BCUT2D eigenvalue weighted by atomic mass is 35.5. The molecule has 0 aliphatic heterocycles. The van der Waals surface area contributed by atoms with Gasteiger partial charge in [0.25, 0.3) is 0 Å². The summed E-state index contributed by atoms with van der Waals surface area (Å²) in [6.07, 6.45) is 0. The van der Waals surface area contributed by atoms with Gasteiger partial charge in [-0.25, -0.2) is 0 Å². The minimum atomic E-state index is 0.298. The number of nitrogens with zero attached hydrogens (tertiary/aromatic N) is 2. The van der Waals surface area contributed by atoms with Crippen LogP contribution in [0.4, 0.5) is 0 Å². The number of hydrogen-bond acceptors (Lipinski definition) is 4. The van der Waals surface area contributed by atoms with Crippen molar-refractivity contribution in [3.63, 3.8) is 0 Å². The number of aromatic nitrogens is 2. The zero-order valence-electron chi connectivity index (χ0n) is 11.5. The Morgan fingerprint density at radius 2 is 1.81 bits per heavy atom. The molecule has 0 saturated carbocycles. The smallest absolute Gasteiger partial charge is 0.246 e. The van der Waals surface area contributed by atoms with Crippen LogP contribution in [-0.4, -0.2) is 10.2 Å². The van der Waals surface area contributed by atoms with Gasteiger partial charge in [0.15, 0.2) is 0 Å². The van der Waals surface area contributed by atoms with Crippen LogP contribution in [0.5, 0.6) is 11.6 Å². The number of aryl methyl sites for hydroxylation is 1. The van der Waals surface area contributed by atoms with Gasteiger partial charge in [-0.2, -0.15) is 5.10 Å². The summed E-state index contributed by atoms with van der Waals surface area (Å²) in [4.78, 5) is 0. The van der Waals surface area contributed by atoms with Crippen LogP contribution in [0.2, 0.25) is 5.02 Å². The van der Waals surface area contributed by atoms with Crippen molar-refractivity contribution >= 4 is 22.4 Å². The predicted molar refractivity (Wildman–Crippen MR) is 83.7 cm³/mol. The molecule has 2 aromatic carbocycles. The molecule has 0 amide bonds. The van der Waals surface area contributed by atoms with Gasteiger partial charge in [0, 0.05) is 27.9 Å². The van der Waals surface area contributed by atoms with E-state index in [0.29, 0.717) is 23.2 Å². The van der Waals surface area contributed by atoms with Crippen LogP contribution in [0.3, 0.4) is 0 Å². The first-order chi connectivity index (χ1) is 10.2. The number of hydrogen-bond donors (Lipinski definition) is 1. The predicted octanol–water partition coefficient (Wildman–Crippen LogP) is 3.84. The number of benzene rings is 2. The summed E-state index contributed by atoms with van der Waals surface area (Å²) in [7, 11) is 0. The molecule has 0 spiro atoms. The van der Waals surface area contributed by atoms with Gasteiger partial charge in [-0.1, -0.05) is 35.9 Å². The molecule has 0 bridgehead atoms. The quantitative estimate of drug-likeness (QED) is 0.798. The van der Waals surface area contributed by atoms with Crippen molar-refractivity contribution in [3.05, 3.63) is 58.7 Å². The van der Waals surface area contributed by atoms with Gasteiger partial charge in [0.05, 0.1) is 5.69 Å². The highest BCUT2D eigenvalue weighted by Gasteiger charge is 2.12. The lowest BCUT2D eigenvalue weighted by Crippen LogP contribution is -2.02. The first-order valence-corrected chi connectivity index (χ1v) is 6.96. The highest BCUT2D eigenvalue weighted by Crippen LogP contribution is 2.32. The normalized spacial score (nSPS) is 10.8. The SMILES string of the molecule is Cc1nnc(Oc2cccc(Cl)c2CN)c2ccccc12. The van der Waals surface area contributed by atoms with Crippen molar-refractivity contribution in [1.82, 2.24) is 10.2 Å². The lowest BCUT2D eigenvalue weighted by Gasteiger charge is -2.12. The summed E-state index contributed by atoms with van der Waals surface area (Å²) in [5, 5.41) is 10.8. The average molecular weight is 300 g/mol. The van der Waals surface area contributed by atoms with E-state index in [1.165, 1.54) is 0 Å². The van der Waals surface area contributed by atoms with Crippen molar-refractivity contribution in [2.45, 2.75) is 13.5 Å². The van der Waals surface area contributed by atoms with Gasteiger partial charge in [-0.3, -0.25) is 0 Å². The zero-order valence-corrected chi connectivity index (χ0v) is 12.3. The van der Waals surface area contributed by atoms with Gasteiger partial charge in [-0.15, -0.1) is 5.10 Å². The maximum absolute atomic E-state index is 6.14. The van der Waals surface area contributed by atoms with Gasteiger partial charge in [-0.05, 0) is 25.1 Å². The van der Waals surface area contributed by atoms with Crippen LogP contribution in [0.1, 0.15) is 11.3 Å². The molecule has 0 unspecified atom stereocenters. The molecule has 0 radical (unpaired) electrons. The summed E-state index contributed by atoms with van der Waals surface area (Å²) in [5.74, 6) is 1.06. The summed E-state index contributed by atoms with van der Waals surface area (Å²) in [6, 6.07) is 13.3. The summed E-state index contributed by atoms with van der Waals surface area (Å²) in [6.45, 7) is 2.22. The fraction of sp³-hybridized carbons (Fsp3) is 0.125. The first-order valence-electron chi connectivity index (χ1n) is 6.58. The van der Waals surface area contributed by atoms with Crippen molar-refractivity contribution in [3.8, 4) is 11.6 Å². The maximum atomic E-state index is 6.14. The molecule has 4 nitrogen and oxygen atoms in total. The molecule has 0 aliphatic carbocycles. The molecular formula is C16H14ClN3O. The number of rotatable bonds is 3. The Kier molecular flexibility index (Phi) is 3.73. The molecule has 5 heteroatoms. The summed E-state index contributed by atoms with van der Waals surface area (Å²) < 4.78 is 5.91. The third kappa shape index (κ3) is 2.55. The number of fused-ring (bicyclic) bond motifs is 1. The van der Waals surface area contributed by atoms with Gasteiger partial charge < -0.3 is 10.5 Å². The molecule has 0 saturated heterocycles.